The molecule has 8 heteroatoms. The average Bonchev–Trinajstić information content (AvgIpc) is 2.84. The summed E-state index contributed by atoms with van der Waals surface area (Å²) < 4.78 is 6.54. The number of anilines is 2. The summed E-state index contributed by atoms with van der Waals surface area (Å²) in [7, 11) is 1.47. The first-order chi connectivity index (χ1) is 9.02. The molecule has 0 saturated carbocycles. The maximum atomic E-state index is 11.6. The number of H-pyrrole nitrogens is 1. The van der Waals surface area contributed by atoms with Crippen LogP contribution in [-0.2, 0) is 20.0 Å². The van der Waals surface area contributed by atoms with Crippen LogP contribution in [0.3, 0.4) is 0 Å². The van der Waals surface area contributed by atoms with Gasteiger partial charge >= 0.3 is 5.69 Å². The lowest BCUT2D eigenvalue weighted by atomic mass is 10.4. The van der Waals surface area contributed by atoms with Crippen LogP contribution >= 0.6 is 0 Å². The number of hydrogen-bond donors (Lipinski definition) is 3. The van der Waals surface area contributed by atoms with Crippen molar-refractivity contribution in [3.8, 4) is 0 Å². The largest absolute Gasteiger partial charge is 0.444 e. The normalized spacial score (nSPS) is 10.6. The number of nitrogens with two attached hydrogens (primary N) is 1. The fourth-order valence-corrected chi connectivity index (χ4v) is 1.56. The lowest BCUT2D eigenvalue weighted by molar-refractivity contribution is 0.465. The molecule has 2 aromatic heterocycles. The number of nitrogens with zero attached hydrogens (tertiary/aromatic N) is 2. The van der Waals surface area contributed by atoms with E-state index in [0.29, 0.717) is 5.89 Å². The van der Waals surface area contributed by atoms with E-state index in [2.05, 4.69) is 15.3 Å². The second-order valence-corrected chi connectivity index (χ2v) is 4.01. The Labute approximate surface area is 108 Å². The van der Waals surface area contributed by atoms with Crippen LogP contribution in [0.2, 0.25) is 0 Å². The van der Waals surface area contributed by atoms with E-state index in [1.165, 1.54) is 7.05 Å². The number of nitrogens with one attached hydrogen (secondary N) is 2. The number of aromatic nitrogens is 3. The molecule has 0 spiro atoms. The van der Waals surface area contributed by atoms with E-state index in [1.807, 2.05) is 6.92 Å². The van der Waals surface area contributed by atoms with Gasteiger partial charge in [0.2, 0.25) is 5.89 Å². The van der Waals surface area contributed by atoms with Gasteiger partial charge in [0.05, 0.1) is 12.7 Å². The van der Waals surface area contributed by atoms with Gasteiger partial charge in [-0.05, 0) is 0 Å². The predicted molar refractivity (Wildman–Crippen MR) is 69.9 cm³/mol. The van der Waals surface area contributed by atoms with Gasteiger partial charge in [0.15, 0.2) is 0 Å². The third-order valence-electron chi connectivity index (χ3n) is 2.74. The zero-order valence-electron chi connectivity index (χ0n) is 10.7. The van der Waals surface area contributed by atoms with Crippen molar-refractivity contribution < 1.29 is 4.42 Å². The Hall–Kier alpha value is -2.51. The van der Waals surface area contributed by atoms with Gasteiger partial charge in [0.1, 0.15) is 17.3 Å². The fraction of sp³-hybridized carbons (Fsp3) is 0.364. The molecule has 4 N–H and O–H groups in total. The summed E-state index contributed by atoms with van der Waals surface area (Å²) in [4.78, 5) is 29.1. The molecule has 2 aromatic rings. The number of aryl methyl sites for hydroxylation is 1. The average molecular weight is 265 g/mol. The van der Waals surface area contributed by atoms with Gasteiger partial charge in [-0.3, -0.25) is 14.3 Å². The van der Waals surface area contributed by atoms with Crippen LogP contribution < -0.4 is 22.3 Å². The Balaban J connectivity index is 2.22. The van der Waals surface area contributed by atoms with Crippen molar-refractivity contribution in [1.29, 1.82) is 0 Å². The minimum absolute atomic E-state index is 0.0658. The van der Waals surface area contributed by atoms with Crippen molar-refractivity contribution in [3.63, 3.8) is 0 Å². The van der Waals surface area contributed by atoms with Gasteiger partial charge in [-0.1, -0.05) is 6.92 Å². The maximum Gasteiger partial charge on any atom is 0.329 e. The van der Waals surface area contributed by atoms with E-state index >= 15 is 0 Å². The summed E-state index contributed by atoms with van der Waals surface area (Å²) in [5, 5.41) is 2.82. The van der Waals surface area contributed by atoms with E-state index in [4.69, 9.17) is 10.2 Å². The minimum Gasteiger partial charge on any atom is -0.444 e. The molecule has 0 amide bonds. The Kier molecular flexibility index (Phi) is 3.41. The molecule has 0 aliphatic rings. The highest BCUT2D eigenvalue weighted by Gasteiger charge is 2.10. The molecule has 19 heavy (non-hydrogen) atoms. The van der Waals surface area contributed by atoms with E-state index < -0.39 is 11.2 Å². The molecular formula is C11H15N5O3. The predicted octanol–water partition coefficient (Wildman–Crippen LogP) is -0.182. The molecule has 0 bridgehead atoms. The molecule has 0 aromatic carbocycles. The molecule has 2 heterocycles. The van der Waals surface area contributed by atoms with Gasteiger partial charge < -0.3 is 15.5 Å². The van der Waals surface area contributed by atoms with Crippen LogP contribution in [0.1, 0.15) is 18.6 Å². The third-order valence-corrected chi connectivity index (χ3v) is 2.74. The molecular weight excluding hydrogens is 250 g/mol. The highest BCUT2D eigenvalue weighted by Crippen LogP contribution is 2.11. The molecule has 0 radical (unpaired) electrons. The van der Waals surface area contributed by atoms with Crippen LogP contribution in [0, 0.1) is 0 Å². The Morgan fingerprint density at radius 1 is 1.53 bits per heavy atom. The minimum atomic E-state index is -0.567. The van der Waals surface area contributed by atoms with Gasteiger partial charge in [-0.2, -0.15) is 0 Å². The van der Waals surface area contributed by atoms with Crippen LogP contribution in [0.25, 0.3) is 0 Å². The molecule has 0 aliphatic heterocycles. The summed E-state index contributed by atoms with van der Waals surface area (Å²) in [5.41, 5.74) is 4.71. The number of hydrogen-bond acceptors (Lipinski definition) is 6. The van der Waals surface area contributed by atoms with E-state index in [1.54, 1.807) is 6.20 Å². The highest BCUT2D eigenvalue weighted by atomic mass is 16.4. The summed E-state index contributed by atoms with van der Waals surface area (Å²) in [6.45, 7) is 2.17. The van der Waals surface area contributed by atoms with Crippen molar-refractivity contribution in [2.75, 3.05) is 11.1 Å². The zero-order chi connectivity index (χ0) is 14.0. The van der Waals surface area contributed by atoms with Gasteiger partial charge in [-0.15, -0.1) is 0 Å². The summed E-state index contributed by atoms with van der Waals surface area (Å²) in [5.74, 6) is 1.28. The van der Waals surface area contributed by atoms with Crippen LogP contribution in [0.15, 0.2) is 20.2 Å². The first-order valence-corrected chi connectivity index (χ1v) is 5.79. The molecule has 0 fully saturated rings. The van der Waals surface area contributed by atoms with E-state index in [-0.39, 0.29) is 18.1 Å². The second kappa shape index (κ2) is 5.01. The molecule has 8 nitrogen and oxygen atoms in total. The number of aromatic amines is 1. The van der Waals surface area contributed by atoms with Crippen LogP contribution in [-0.4, -0.2) is 14.5 Å². The summed E-state index contributed by atoms with van der Waals surface area (Å²) >= 11 is 0. The van der Waals surface area contributed by atoms with Crippen LogP contribution in [0.5, 0.6) is 0 Å². The first kappa shape index (κ1) is 12.9. The Bertz CT molecular complexity index is 697. The lowest BCUT2D eigenvalue weighted by Gasteiger charge is -2.09. The zero-order valence-corrected chi connectivity index (χ0v) is 10.7. The summed E-state index contributed by atoms with van der Waals surface area (Å²) in [6, 6.07) is 0. The van der Waals surface area contributed by atoms with Crippen molar-refractivity contribution in [3.05, 3.63) is 38.7 Å². The molecule has 102 valence electrons. The third kappa shape index (κ3) is 2.51. The van der Waals surface area contributed by atoms with Crippen molar-refractivity contribution in [2.24, 2.45) is 7.05 Å². The number of nitrogen functional groups attached to an aromatic ring is 1. The summed E-state index contributed by atoms with van der Waals surface area (Å²) in [6.07, 6.45) is 2.38. The SMILES string of the molecule is CCc1cnc(CNc2c(N)n(C)c(=O)[nH]c2=O)o1. The topological polar surface area (TPSA) is 119 Å². The van der Waals surface area contributed by atoms with E-state index in [9.17, 15) is 9.59 Å². The molecule has 0 saturated heterocycles. The standard InChI is InChI=1S/C11H15N5O3/c1-3-6-4-13-7(19-6)5-14-8-9(12)16(2)11(18)15-10(8)17/h4,14H,3,5,12H2,1-2H3,(H,15,17,18). The number of rotatable bonds is 4. The second-order valence-electron chi connectivity index (χ2n) is 4.01. The molecule has 0 atom stereocenters. The smallest absolute Gasteiger partial charge is 0.329 e. The first-order valence-electron chi connectivity index (χ1n) is 5.79. The highest BCUT2D eigenvalue weighted by molar-refractivity contribution is 5.60. The quantitative estimate of drug-likeness (QED) is 0.705. The van der Waals surface area contributed by atoms with Crippen LogP contribution in [0.4, 0.5) is 11.5 Å². The van der Waals surface area contributed by atoms with Gasteiger partial charge in [0, 0.05) is 13.5 Å². The van der Waals surface area contributed by atoms with Crippen molar-refractivity contribution >= 4 is 11.5 Å². The Morgan fingerprint density at radius 2 is 2.26 bits per heavy atom. The van der Waals surface area contributed by atoms with Crippen molar-refractivity contribution in [1.82, 2.24) is 14.5 Å². The van der Waals surface area contributed by atoms with Gasteiger partial charge in [-0.25, -0.2) is 9.78 Å². The molecule has 2 rings (SSSR count). The maximum absolute atomic E-state index is 11.6. The van der Waals surface area contributed by atoms with Crippen molar-refractivity contribution in [2.45, 2.75) is 19.9 Å². The van der Waals surface area contributed by atoms with E-state index in [0.717, 1.165) is 16.7 Å². The van der Waals surface area contributed by atoms with Gasteiger partial charge in [0.25, 0.3) is 5.56 Å². The molecule has 0 unspecified atom stereocenters. The lowest BCUT2D eigenvalue weighted by Crippen LogP contribution is -2.32. The monoisotopic (exact) mass is 265 g/mol. The fourth-order valence-electron chi connectivity index (χ4n) is 1.56. The molecule has 0 aliphatic carbocycles. The number of oxazole rings is 1. The Morgan fingerprint density at radius 3 is 2.89 bits per heavy atom.